The molecule has 1 radical (unpaired) electrons. The van der Waals surface area contributed by atoms with Crippen molar-refractivity contribution in [3.05, 3.63) is 23.7 Å². The molecule has 0 aromatic carbocycles. The number of carbonyl (C=O) groups excluding carboxylic acids is 1. The molecule has 0 aliphatic carbocycles. The van der Waals surface area contributed by atoms with Crippen molar-refractivity contribution < 1.29 is 58.4 Å². The number of hydrogen-bond acceptors (Lipinski definition) is 3. The summed E-state index contributed by atoms with van der Waals surface area (Å²) in [5.74, 6) is 0.663. The third kappa shape index (κ3) is 2.53. The predicted octanol–water partition coefficient (Wildman–Crippen LogP) is 0.584. The molecule has 1 aromatic heterocycles. The summed E-state index contributed by atoms with van der Waals surface area (Å²) in [4.78, 5) is 9.96. The molecule has 0 amide bonds. The topological polar surface area (TPSA) is 50.4 Å². The van der Waals surface area contributed by atoms with Crippen LogP contribution in [-0.4, -0.2) is 11.4 Å². The van der Waals surface area contributed by atoms with Crippen LogP contribution >= 0.6 is 0 Å². The van der Waals surface area contributed by atoms with Gasteiger partial charge in [-0.25, -0.2) is 0 Å². The quantitative estimate of drug-likeness (QED) is 0.792. The third-order valence-electron chi connectivity index (χ3n) is 0.954. The van der Waals surface area contributed by atoms with E-state index in [0.29, 0.717) is 12.0 Å². The summed E-state index contributed by atoms with van der Waals surface area (Å²) in [5.41, 5.74) is 0. The molecule has 10 heavy (non-hydrogen) atoms. The van der Waals surface area contributed by atoms with Gasteiger partial charge >= 0.3 is 0 Å². The van der Waals surface area contributed by atoms with E-state index in [9.17, 15) is 4.79 Å². The molecular formula is C6H6AcO3. The van der Waals surface area contributed by atoms with E-state index in [0.717, 1.165) is 0 Å². The van der Waals surface area contributed by atoms with E-state index in [2.05, 4.69) is 0 Å². The van der Waals surface area contributed by atoms with Crippen molar-refractivity contribution in [1.29, 1.82) is 0 Å². The zero-order chi connectivity index (χ0) is 6.69. The van der Waals surface area contributed by atoms with Gasteiger partial charge in [-0.3, -0.25) is 4.79 Å². The van der Waals surface area contributed by atoms with Gasteiger partial charge in [0.2, 0.25) is 0 Å². The Labute approximate surface area is 94.0 Å². The Bertz CT molecular complexity index is 207. The van der Waals surface area contributed by atoms with Crippen LogP contribution in [0, 0.1) is 44.1 Å². The van der Waals surface area contributed by atoms with Crippen LogP contribution in [0.1, 0.15) is 16.3 Å². The maximum absolute atomic E-state index is 9.96. The van der Waals surface area contributed by atoms with Crippen molar-refractivity contribution in [2.75, 3.05) is 0 Å². The van der Waals surface area contributed by atoms with Crippen LogP contribution in [0.4, 0.5) is 0 Å². The van der Waals surface area contributed by atoms with Gasteiger partial charge in [-0.15, -0.1) is 0 Å². The zero-order valence-electron chi connectivity index (χ0n) is 5.28. The number of aldehydes is 1. The maximum Gasteiger partial charge on any atom is 0.185 e. The molecule has 0 unspecified atom stereocenters. The van der Waals surface area contributed by atoms with Gasteiger partial charge in [0.25, 0.3) is 0 Å². The largest absolute Gasteiger partial charge is 0.456 e. The van der Waals surface area contributed by atoms with Crippen molar-refractivity contribution >= 4 is 6.29 Å². The molecule has 0 saturated heterocycles. The maximum atomic E-state index is 9.96. The molecule has 1 rings (SSSR count). The van der Waals surface area contributed by atoms with Crippen LogP contribution in [0.25, 0.3) is 0 Å². The Morgan fingerprint density at radius 3 is 2.60 bits per heavy atom. The standard InChI is InChI=1S/C6H6O3.Ac/c7-3-5-1-2-6(4-8)9-5;/h1-3,8H,4H2;. The second-order valence-corrected chi connectivity index (χ2v) is 1.58. The zero-order valence-corrected chi connectivity index (χ0v) is 10.0. The van der Waals surface area contributed by atoms with E-state index >= 15 is 0 Å². The first-order chi connectivity index (χ1) is 4.36. The number of hydrogen-bond donors (Lipinski definition) is 1. The molecule has 0 atom stereocenters. The molecule has 1 N–H and O–H groups in total. The van der Waals surface area contributed by atoms with Gasteiger partial charge in [0, 0.05) is 44.1 Å². The average Bonchev–Trinajstić information content (AvgIpc) is 2.34. The second-order valence-electron chi connectivity index (χ2n) is 1.58. The van der Waals surface area contributed by atoms with Crippen molar-refractivity contribution in [3.8, 4) is 0 Å². The van der Waals surface area contributed by atoms with Gasteiger partial charge in [0.05, 0.1) is 0 Å². The molecule has 0 spiro atoms. The Morgan fingerprint density at radius 1 is 1.60 bits per heavy atom. The third-order valence-corrected chi connectivity index (χ3v) is 0.954. The minimum atomic E-state index is -0.159. The monoisotopic (exact) mass is 353 g/mol. The van der Waals surface area contributed by atoms with E-state index < -0.39 is 0 Å². The fourth-order valence-corrected chi connectivity index (χ4v) is 0.543. The fourth-order valence-electron chi connectivity index (χ4n) is 0.543. The normalized spacial score (nSPS) is 8.50. The Kier molecular flexibility index (Phi) is 5.24. The van der Waals surface area contributed by atoms with E-state index in [1.54, 1.807) is 6.07 Å². The first kappa shape index (κ1) is 10.4. The van der Waals surface area contributed by atoms with Crippen LogP contribution in [0.2, 0.25) is 0 Å². The number of aliphatic hydroxyl groups is 1. The molecule has 0 fully saturated rings. The van der Waals surface area contributed by atoms with Crippen molar-refractivity contribution in [3.63, 3.8) is 0 Å². The van der Waals surface area contributed by atoms with Crippen LogP contribution in [0.3, 0.4) is 0 Å². The summed E-state index contributed by atoms with van der Waals surface area (Å²) in [6.45, 7) is -0.159. The van der Waals surface area contributed by atoms with Crippen LogP contribution in [0.15, 0.2) is 16.5 Å². The fraction of sp³-hybridized carbons (Fsp3) is 0.167. The number of furan rings is 1. The molecule has 51 valence electrons. The van der Waals surface area contributed by atoms with E-state index in [4.69, 9.17) is 9.52 Å². The van der Waals surface area contributed by atoms with E-state index in [1.807, 2.05) is 0 Å². The van der Waals surface area contributed by atoms with Crippen molar-refractivity contribution in [1.82, 2.24) is 0 Å². The smallest absolute Gasteiger partial charge is 0.185 e. The molecule has 1 heterocycles. The molecule has 0 saturated carbocycles. The molecule has 4 heteroatoms. The van der Waals surface area contributed by atoms with Gasteiger partial charge in [-0.05, 0) is 12.1 Å². The second kappa shape index (κ2) is 5.06. The molecule has 0 aliphatic heterocycles. The van der Waals surface area contributed by atoms with Gasteiger partial charge in [0.15, 0.2) is 12.0 Å². The minimum absolute atomic E-state index is 0. The Morgan fingerprint density at radius 2 is 2.30 bits per heavy atom. The van der Waals surface area contributed by atoms with Crippen molar-refractivity contribution in [2.24, 2.45) is 0 Å². The summed E-state index contributed by atoms with van der Waals surface area (Å²) in [5, 5.41) is 8.44. The number of carbonyl (C=O) groups is 1. The summed E-state index contributed by atoms with van der Waals surface area (Å²) in [6.07, 6.45) is 0.596. The van der Waals surface area contributed by atoms with Gasteiger partial charge in [-0.1, -0.05) is 0 Å². The number of aliphatic hydroxyl groups excluding tert-OH is 1. The Hall–Kier alpha value is 0.352. The number of rotatable bonds is 2. The van der Waals surface area contributed by atoms with Gasteiger partial charge in [0.1, 0.15) is 12.4 Å². The van der Waals surface area contributed by atoms with Gasteiger partial charge in [-0.2, -0.15) is 0 Å². The van der Waals surface area contributed by atoms with Crippen molar-refractivity contribution in [2.45, 2.75) is 6.61 Å². The van der Waals surface area contributed by atoms with E-state index in [-0.39, 0.29) is 56.4 Å². The molecule has 0 bridgehead atoms. The molecule has 3 nitrogen and oxygen atoms in total. The first-order valence-electron chi connectivity index (χ1n) is 2.51. The molecule has 0 aliphatic rings. The van der Waals surface area contributed by atoms with Crippen LogP contribution in [-0.2, 0) is 6.61 Å². The summed E-state index contributed by atoms with van der Waals surface area (Å²) in [6, 6.07) is 3.07. The summed E-state index contributed by atoms with van der Waals surface area (Å²) < 4.78 is 4.76. The molecule has 1 aromatic rings. The van der Waals surface area contributed by atoms with Gasteiger partial charge < -0.3 is 9.52 Å². The predicted molar refractivity (Wildman–Crippen MR) is 30.0 cm³/mol. The summed E-state index contributed by atoms with van der Waals surface area (Å²) >= 11 is 0. The Balaban J connectivity index is 0.000000810. The average molecular weight is 353 g/mol. The minimum Gasteiger partial charge on any atom is -0.456 e. The van der Waals surface area contributed by atoms with E-state index in [1.165, 1.54) is 6.07 Å². The summed E-state index contributed by atoms with van der Waals surface area (Å²) in [7, 11) is 0. The van der Waals surface area contributed by atoms with Crippen LogP contribution in [0.5, 0.6) is 0 Å². The molecular weight excluding hydrogens is 347 g/mol. The first-order valence-corrected chi connectivity index (χ1v) is 2.51. The van der Waals surface area contributed by atoms with Crippen LogP contribution < -0.4 is 0 Å². The SMILES string of the molecule is O=Cc1ccc(CO)o1.[Ac].